The van der Waals surface area contributed by atoms with E-state index in [0.717, 1.165) is 29.1 Å². The molecule has 156 valence electrons. The van der Waals surface area contributed by atoms with Crippen LogP contribution in [0.2, 0.25) is 5.02 Å². The molecule has 0 aliphatic carbocycles. The number of aryl methyl sites for hydroxylation is 1. The number of carbonyl (C=O) groups is 1. The lowest BCUT2D eigenvalue weighted by atomic mass is 10.1. The zero-order valence-corrected chi connectivity index (χ0v) is 18.6. The summed E-state index contributed by atoms with van der Waals surface area (Å²) in [6, 6.07) is 11.5. The van der Waals surface area contributed by atoms with Crippen molar-refractivity contribution in [1.29, 1.82) is 0 Å². The molecule has 0 unspecified atom stereocenters. The number of nitrogens with one attached hydrogen (secondary N) is 1. The van der Waals surface area contributed by atoms with Gasteiger partial charge in [-0.3, -0.25) is 4.79 Å². The van der Waals surface area contributed by atoms with Gasteiger partial charge in [0.2, 0.25) is 10.0 Å². The number of hydrogen-bond donors (Lipinski definition) is 1. The first-order valence-corrected chi connectivity index (χ1v) is 12.2. The summed E-state index contributed by atoms with van der Waals surface area (Å²) >= 11 is 7.78. The fourth-order valence-electron chi connectivity index (χ4n) is 3.34. The zero-order chi connectivity index (χ0) is 21.3. The van der Waals surface area contributed by atoms with Crippen LogP contribution in [-0.2, 0) is 10.0 Å². The molecule has 2 aromatic carbocycles. The van der Waals surface area contributed by atoms with Crippen molar-refractivity contribution in [3.63, 3.8) is 0 Å². The van der Waals surface area contributed by atoms with E-state index in [1.54, 1.807) is 23.5 Å². The molecule has 0 saturated carbocycles. The molecule has 1 aromatic heterocycles. The first-order chi connectivity index (χ1) is 14.3. The predicted molar refractivity (Wildman–Crippen MR) is 120 cm³/mol. The van der Waals surface area contributed by atoms with E-state index in [4.69, 9.17) is 11.6 Å². The summed E-state index contributed by atoms with van der Waals surface area (Å²) in [5.41, 5.74) is 2.54. The summed E-state index contributed by atoms with van der Waals surface area (Å²) < 4.78 is 27.0. The van der Waals surface area contributed by atoms with E-state index in [1.165, 1.54) is 22.5 Å². The molecular formula is C21H20ClN3O3S2. The molecule has 1 aliphatic rings. The number of halogens is 1. The van der Waals surface area contributed by atoms with Crippen LogP contribution >= 0.6 is 22.9 Å². The Hall–Kier alpha value is -2.26. The third-order valence-electron chi connectivity index (χ3n) is 4.94. The van der Waals surface area contributed by atoms with E-state index >= 15 is 0 Å². The molecule has 1 saturated heterocycles. The molecule has 0 atom stereocenters. The van der Waals surface area contributed by atoms with Gasteiger partial charge in [-0.15, -0.1) is 11.3 Å². The van der Waals surface area contributed by atoms with Crippen LogP contribution in [0.3, 0.4) is 0 Å². The Morgan fingerprint density at radius 1 is 1.13 bits per heavy atom. The van der Waals surface area contributed by atoms with Crippen LogP contribution in [0.15, 0.2) is 52.7 Å². The number of anilines is 1. The lowest BCUT2D eigenvalue weighted by Gasteiger charge is -2.16. The van der Waals surface area contributed by atoms with E-state index in [-0.39, 0.29) is 15.5 Å². The Bertz CT molecular complexity index is 1180. The number of benzene rings is 2. The third-order valence-corrected chi connectivity index (χ3v) is 7.94. The number of aromatic nitrogens is 1. The van der Waals surface area contributed by atoms with Crippen LogP contribution in [-0.4, -0.2) is 36.7 Å². The molecule has 9 heteroatoms. The normalized spacial score (nSPS) is 14.7. The third kappa shape index (κ3) is 4.27. The average Bonchev–Trinajstić information content (AvgIpc) is 3.41. The van der Waals surface area contributed by atoms with Crippen molar-refractivity contribution in [1.82, 2.24) is 9.29 Å². The molecule has 0 spiro atoms. The van der Waals surface area contributed by atoms with Crippen LogP contribution in [0.1, 0.15) is 28.2 Å². The number of hydrogen-bond acceptors (Lipinski definition) is 5. The maximum absolute atomic E-state index is 12.8. The molecule has 1 aliphatic heterocycles. The van der Waals surface area contributed by atoms with Crippen molar-refractivity contribution in [3.8, 4) is 11.3 Å². The van der Waals surface area contributed by atoms with E-state index in [0.29, 0.717) is 18.8 Å². The minimum absolute atomic E-state index is 0.0770. The Balaban J connectivity index is 1.54. The smallest absolute Gasteiger partial charge is 0.257 e. The minimum atomic E-state index is -3.63. The lowest BCUT2D eigenvalue weighted by molar-refractivity contribution is 0.102. The van der Waals surface area contributed by atoms with Crippen molar-refractivity contribution in [3.05, 3.63) is 63.4 Å². The fourth-order valence-corrected chi connectivity index (χ4v) is 5.70. The Kier molecular flexibility index (Phi) is 5.92. The van der Waals surface area contributed by atoms with E-state index in [2.05, 4.69) is 10.3 Å². The quantitative estimate of drug-likeness (QED) is 0.591. The standard InChI is InChI=1S/C21H20ClN3O3S2/c1-14-23-20(13-29-14)15-4-6-16(7-5-15)24-21(26)18-12-17(8-9-19(18)22)30(27,28)25-10-2-3-11-25/h4-9,12-13H,2-3,10-11H2,1H3,(H,24,26). The molecule has 1 N–H and O–H groups in total. The first-order valence-electron chi connectivity index (χ1n) is 9.48. The summed E-state index contributed by atoms with van der Waals surface area (Å²) in [6.45, 7) is 2.94. The summed E-state index contributed by atoms with van der Waals surface area (Å²) in [5.74, 6) is -0.462. The highest BCUT2D eigenvalue weighted by Gasteiger charge is 2.28. The molecule has 1 fully saturated rings. The van der Waals surface area contributed by atoms with E-state index < -0.39 is 15.9 Å². The second-order valence-corrected chi connectivity index (χ2v) is 10.4. The fraction of sp³-hybridized carbons (Fsp3) is 0.238. The number of sulfonamides is 1. The molecule has 3 aromatic rings. The number of nitrogens with zero attached hydrogens (tertiary/aromatic N) is 2. The molecule has 30 heavy (non-hydrogen) atoms. The largest absolute Gasteiger partial charge is 0.322 e. The number of amides is 1. The summed E-state index contributed by atoms with van der Waals surface area (Å²) in [6.07, 6.45) is 1.69. The highest BCUT2D eigenvalue weighted by molar-refractivity contribution is 7.89. The molecular weight excluding hydrogens is 442 g/mol. The Morgan fingerprint density at radius 2 is 1.83 bits per heavy atom. The van der Waals surface area contributed by atoms with Crippen molar-refractivity contribution in [2.45, 2.75) is 24.7 Å². The van der Waals surface area contributed by atoms with Gasteiger partial charge in [-0.2, -0.15) is 4.31 Å². The highest BCUT2D eigenvalue weighted by atomic mass is 35.5. The highest BCUT2D eigenvalue weighted by Crippen LogP contribution is 2.27. The number of carbonyl (C=O) groups excluding carboxylic acids is 1. The van der Waals surface area contributed by atoms with E-state index in [9.17, 15) is 13.2 Å². The van der Waals surface area contributed by atoms with Gasteiger partial charge in [0.25, 0.3) is 5.91 Å². The molecule has 0 radical (unpaired) electrons. The molecule has 1 amide bonds. The zero-order valence-electron chi connectivity index (χ0n) is 16.3. The van der Waals surface area contributed by atoms with Gasteiger partial charge in [0.05, 0.1) is 26.2 Å². The lowest BCUT2D eigenvalue weighted by Crippen LogP contribution is -2.28. The van der Waals surface area contributed by atoms with Gasteiger partial charge in [0.15, 0.2) is 0 Å². The van der Waals surface area contributed by atoms with Crippen LogP contribution < -0.4 is 5.32 Å². The van der Waals surface area contributed by atoms with Gasteiger partial charge in [0, 0.05) is 29.7 Å². The Morgan fingerprint density at radius 3 is 2.47 bits per heavy atom. The average molecular weight is 462 g/mol. The van der Waals surface area contributed by atoms with Crippen LogP contribution in [0, 0.1) is 6.92 Å². The van der Waals surface area contributed by atoms with Crippen LogP contribution in [0.25, 0.3) is 11.3 Å². The minimum Gasteiger partial charge on any atom is -0.322 e. The van der Waals surface area contributed by atoms with Gasteiger partial charge in [0.1, 0.15) is 0 Å². The molecule has 0 bridgehead atoms. The topological polar surface area (TPSA) is 79.4 Å². The van der Waals surface area contributed by atoms with Gasteiger partial charge in [-0.05, 0) is 50.1 Å². The van der Waals surface area contributed by atoms with Gasteiger partial charge in [-0.1, -0.05) is 23.7 Å². The van der Waals surface area contributed by atoms with Gasteiger partial charge >= 0.3 is 0 Å². The molecule has 4 rings (SSSR count). The first kappa shape index (κ1) is 21.0. The second-order valence-electron chi connectivity index (χ2n) is 7.04. The number of rotatable bonds is 5. The summed E-state index contributed by atoms with van der Waals surface area (Å²) in [5, 5.41) is 5.95. The second kappa shape index (κ2) is 8.47. The predicted octanol–water partition coefficient (Wildman–Crippen LogP) is 4.81. The maximum atomic E-state index is 12.8. The Labute approximate surface area is 184 Å². The van der Waals surface area contributed by atoms with E-state index in [1.807, 2.05) is 24.4 Å². The van der Waals surface area contributed by atoms with Crippen molar-refractivity contribution < 1.29 is 13.2 Å². The van der Waals surface area contributed by atoms with Crippen molar-refractivity contribution >= 4 is 44.6 Å². The summed E-state index contributed by atoms with van der Waals surface area (Å²) in [4.78, 5) is 17.3. The number of thiazole rings is 1. The maximum Gasteiger partial charge on any atom is 0.257 e. The summed E-state index contributed by atoms with van der Waals surface area (Å²) in [7, 11) is -3.63. The SMILES string of the molecule is Cc1nc(-c2ccc(NC(=O)c3cc(S(=O)(=O)N4CCCC4)ccc3Cl)cc2)cs1. The molecule has 6 nitrogen and oxygen atoms in total. The van der Waals surface area contributed by atoms with Gasteiger partial charge in [-0.25, -0.2) is 13.4 Å². The van der Waals surface area contributed by atoms with Crippen LogP contribution in [0.4, 0.5) is 5.69 Å². The molecule has 2 heterocycles. The van der Waals surface area contributed by atoms with Gasteiger partial charge < -0.3 is 5.32 Å². The van der Waals surface area contributed by atoms with Crippen molar-refractivity contribution in [2.75, 3.05) is 18.4 Å². The monoisotopic (exact) mass is 461 g/mol. The van der Waals surface area contributed by atoms with Crippen LogP contribution in [0.5, 0.6) is 0 Å². The van der Waals surface area contributed by atoms with Crippen molar-refractivity contribution in [2.24, 2.45) is 0 Å².